The first-order valence-electron chi connectivity index (χ1n) is 3.80. The molecule has 0 fully saturated rings. The number of amides is 1. The van der Waals surface area contributed by atoms with Crippen LogP contribution < -0.4 is 5.73 Å². The number of carbonyl (C=O) groups excluding carboxylic acids is 1. The number of aliphatic hydroxyl groups is 2. The third-order valence-corrected chi connectivity index (χ3v) is 1.34. The minimum atomic E-state index is -0.897. The van der Waals surface area contributed by atoms with Crippen molar-refractivity contribution in [1.82, 2.24) is 0 Å². The van der Waals surface area contributed by atoms with Gasteiger partial charge in [-0.25, -0.2) is 4.79 Å². The molecule has 5 nitrogen and oxygen atoms in total. The fourth-order valence-corrected chi connectivity index (χ4v) is 0.695. The van der Waals surface area contributed by atoms with Crippen LogP contribution in [0.1, 0.15) is 19.8 Å². The van der Waals surface area contributed by atoms with E-state index in [1.807, 2.05) is 0 Å². The van der Waals surface area contributed by atoms with Crippen LogP contribution in [0.25, 0.3) is 0 Å². The van der Waals surface area contributed by atoms with Crippen LogP contribution in [0.2, 0.25) is 0 Å². The second kappa shape index (κ2) is 5.79. The Labute approximate surface area is 71.1 Å². The molecule has 0 bridgehead atoms. The van der Waals surface area contributed by atoms with Crippen molar-refractivity contribution in [2.45, 2.75) is 32.0 Å². The van der Waals surface area contributed by atoms with E-state index in [0.717, 1.165) is 0 Å². The van der Waals surface area contributed by atoms with Gasteiger partial charge in [-0.05, 0) is 19.8 Å². The Hall–Kier alpha value is -0.810. The summed E-state index contributed by atoms with van der Waals surface area (Å²) in [7, 11) is 0. The van der Waals surface area contributed by atoms with E-state index >= 15 is 0 Å². The molecule has 0 aromatic rings. The van der Waals surface area contributed by atoms with Crippen molar-refractivity contribution in [3.8, 4) is 0 Å². The molecule has 5 heteroatoms. The molecule has 4 N–H and O–H groups in total. The summed E-state index contributed by atoms with van der Waals surface area (Å²) in [6, 6.07) is 0. The Bertz CT molecular complexity index is 137. The van der Waals surface area contributed by atoms with E-state index in [1.54, 1.807) is 6.92 Å². The number of primary amides is 1. The van der Waals surface area contributed by atoms with Crippen molar-refractivity contribution in [3.63, 3.8) is 0 Å². The molecule has 0 saturated heterocycles. The lowest BCUT2D eigenvalue weighted by atomic mass is 10.1. The summed E-state index contributed by atoms with van der Waals surface area (Å²) in [5.74, 6) is 0. The smallest absolute Gasteiger partial charge is 0.404 e. The van der Waals surface area contributed by atoms with Gasteiger partial charge in [0.15, 0.2) is 0 Å². The third-order valence-electron chi connectivity index (χ3n) is 1.34. The summed E-state index contributed by atoms with van der Waals surface area (Å²) >= 11 is 0. The van der Waals surface area contributed by atoms with E-state index in [4.69, 9.17) is 10.2 Å². The Morgan fingerprint density at radius 2 is 2.08 bits per heavy atom. The highest BCUT2D eigenvalue weighted by atomic mass is 16.6. The van der Waals surface area contributed by atoms with E-state index in [2.05, 4.69) is 10.5 Å². The topological polar surface area (TPSA) is 92.8 Å². The highest BCUT2D eigenvalue weighted by Crippen LogP contribution is 2.01. The Morgan fingerprint density at radius 1 is 1.50 bits per heavy atom. The zero-order chi connectivity index (χ0) is 9.56. The van der Waals surface area contributed by atoms with Crippen molar-refractivity contribution in [3.05, 3.63) is 0 Å². The van der Waals surface area contributed by atoms with E-state index < -0.39 is 18.3 Å². The zero-order valence-corrected chi connectivity index (χ0v) is 7.06. The number of nitrogens with two attached hydrogens (primary N) is 1. The van der Waals surface area contributed by atoms with Crippen molar-refractivity contribution in [1.29, 1.82) is 0 Å². The monoisotopic (exact) mass is 177 g/mol. The average Bonchev–Trinajstić information content (AvgIpc) is 1.96. The predicted molar refractivity (Wildman–Crippen MR) is 42.5 cm³/mol. The van der Waals surface area contributed by atoms with Gasteiger partial charge in [-0.3, -0.25) is 0 Å². The molecule has 0 aromatic heterocycles. The molecule has 12 heavy (non-hydrogen) atoms. The summed E-state index contributed by atoms with van der Waals surface area (Å²) < 4.78 is 4.34. The van der Waals surface area contributed by atoms with Crippen molar-refractivity contribution in [2.24, 2.45) is 5.73 Å². The van der Waals surface area contributed by atoms with Gasteiger partial charge in [0.2, 0.25) is 0 Å². The SMILES string of the molecule is CC(O)CCC(O)COC(N)=O. The molecule has 72 valence electrons. The lowest BCUT2D eigenvalue weighted by molar-refractivity contribution is 0.0571. The molecule has 0 radical (unpaired) electrons. The lowest BCUT2D eigenvalue weighted by Gasteiger charge is -2.10. The molecule has 0 aliphatic rings. The van der Waals surface area contributed by atoms with Crippen LogP contribution in [0.3, 0.4) is 0 Å². The van der Waals surface area contributed by atoms with Crippen LogP contribution in [-0.4, -0.2) is 35.1 Å². The van der Waals surface area contributed by atoms with Crippen LogP contribution in [0, 0.1) is 0 Å². The first kappa shape index (κ1) is 11.2. The molecule has 2 atom stereocenters. The quantitative estimate of drug-likeness (QED) is 0.533. The molecule has 0 spiro atoms. The summed E-state index contributed by atoms with van der Waals surface area (Å²) in [6.07, 6.45) is -1.22. The predicted octanol–water partition coefficient (Wildman–Crippen LogP) is -0.396. The molecule has 0 aliphatic carbocycles. The summed E-state index contributed by atoms with van der Waals surface area (Å²) in [6.45, 7) is 1.52. The number of hydrogen-bond donors (Lipinski definition) is 3. The summed E-state index contributed by atoms with van der Waals surface area (Å²) in [4.78, 5) is 10.1. The first-order chi connectivity index (χ1) is 5.52. The van der Waals surface area contributed by atoms with Gasteiger partial charge >= 0.3 is 6.09 Å². The van der Waals surface area contributed by atoms with Crippen LogP contribution in [0.5, 0.6) is 0 Å². The van der Waals surface area contributed by atoms with Crippen LogP contribution in [-0.2, 0) is 4.74 Å². The van der Waals surface area contributed by atoms with Gasteiger partial charge in [0.1, 0.15) is 6.61 Å². The standard InChI is InChI=1S/C7H15NO4/c1-5(9)2-3-6(10)4-12-7(8)11/h5-6,9-10H,2-4H2,1H3,(H2,8,11). The Kier molecular flexibility index (Phi) is 5.40. The fourth-order valence-electron chi connectivity index (χ4n) is 0.695. The lowest BCUT2D eigenvalue weighted by Crippen LogP contribution is -2.22. The minimum Gasteiger partial charge on any atom is -0.447 e. The molecule has 1 amide bonds. The normalized spacial score (nSPS) is 15.2. The van der Waals surface area contributed by atoms with Gasteiger partial charge in [0, 0.05) is 0 Å². The number of ether oxygens (including phenoxy) is 1. The van der Waals surface area contributed by atoms with Crippen LogP contribution in [0.15, 0.2) is 0 Å². The molecule has 0 saturated carbocycles. The molecule has 0 aliphatic heterocycles. The van der Waals surface area contributed by atoms with Crippen molar-refractivity contribution < 1.29 is 19.7 Å². The molecular weight excluding hydrogens is 162 g/mol. The average molecular weight is 177 g/mol. The van der Waals surface area contributed by atoms with Crippen molar-refractivity contribution >= 4 is 6.09 Å². The second-order valence-electron chi connectivity index (χ2n) is 2.71. The Morgan fingerprint density at radius 3 is 2.50 bits per heavy atom. The number of hydrogen-bond acceptors (Lipinski definition) is 4. The molecular formula is C7H15NO4. The summed E-state index contributed by atoms with van der Waals surface area (Å²) in [5, 5.41) is 17.9. The van der Waals surface area contributed by atoms with Gasteiger partial charge in [0.05, 0.1) is 12.2 Å². The zero-order valence-electron chi connectivity index (χ0n) is 7.06. The maximum absolute atomic E-state index is 10.1. The first-order valence-corrected chi connectivity index (χ1v) is 3.80. The largest absolute Gasteiger partial charge is 0.447 e. The molecule has 0 heterocycles. The van der Waals surface area contributed by atoms with Gasteiger partial charge in [-0.15, -0.1) is 0 Å². The number of rotatable bonds is 5. The maximum atomic E-state index is 10.1. The van der Waals surface area contributed by atoms with Gasteiger partial charge in [-0.1, -0.05) is 0 Å². The van der Waals surface area contributed by atoms with Crippen LogP contribution >= 0.6 is 0 Å². The number of carbonyl (C=O) groups is 1. The minimum absolute atomic E-state index is 0.109. The second-order valence-corrected chi connectivity index (χ2v) is 2.71. The fraction of sp³-hybridized carbons (Fsp3) is 0.857. The van der Waals surface area contributed by atoms with Gasteiger partial charge in [-0.2, -0.15) is 0 Å². The van der Waals surface area contributed by atoms with E-state index in [-0.39, 0.29) is 6.61 Å². The maximum Gasteiger partial charge on any atom is 0.404 e. The van der Waals surface area contributed by atoms with Gasteiger partial charge < -0.3 is 20.7 Å². The van der Waals surface area contributed by atoms with Crippen molar-refractivity contribution in [2.75, 3.05) is 6.61 Å². The molecule has 2 unspecified atom stereocenters. The highest BCUT2D eigenvalue weighted by molar-refractivity contribution is 5.64. The third kappa shape index (κ3) is 7.30. The molecule has 0 aromatic carbocycles. The Balaban J connectivity index is 3.33. The van der Waals surface area contributed by atoms with E-state index in [1.165, 1.54) is 0 Å². The highest BCUT2D eigenvalue weighted by Gasteiger charge is 2.07. The summed E-state index contributed by atoms with van der Waals surface area (Å²) in [5.41, 5.74) is 4.68. The van der Waals surface area contributed by atoms with Crippen LogP contribution in [0.4, 0.5) is 4.79 Å². The van der Waals surface area contributed by atoms with Gasteiger partial charge in [0.25, 0.3) is 0 Å². The van der Waals surface area contributed by atoms with E-state index in [0.29, 0.717) is 12.8 Å². The number of aliphatic hydroxyl groups excluding tert-OH is 2. The molecule has 0 rings (SSSR count). The van der Waals surface area contributed by atoms with E-state index in [9.17, 15) is 4.79 Å².